The van der Waals surface area contributed by atoms with E-state index in [0.717, 1.165) is 0 Å². The second kappa shape index (κ2) is 3.83. The number of nitrogens with zero attached hydrogens (tertiary/aromatic N) is 2. The molecule has 0 aliphatic carbocycles. The van der Waals surface area contributed by atoms with Crippen LogP contribution in [-0.2, 0) is 0 Å². The first-order chi connectivity index (χ1) is 10.4. The van der Waals surface area contributed by atoms with Gasteiger partial charge in [0.25, 0.3) is 0 Å². The maximum Gasteiger partial charge on any atom is 0.0991 e. The van der Waals surface area contributed by atoms with Gasteiger partial charge in [-0.2, -0.15) is 0 Å². The summed E-state index contributed by atoms with van der Waals surface area (Å²) in [5, 5.41) is 7.86. The van der Waals surface area contributed by atoms with Gasteiger partial charge in [0.1, 0.15) is 0 Å². The van der Waals surface area contributed by atoms with E-state index >= 15 is 0 Å². The first-order valence-electron chi connectivity index (χ1n) is 7.07. The average molecular weight is 268 g/mol. The highest BCUT2D eigenvalue weighted by molar-refractivity contribution is 6.24. The van der Waals surface area contributed by atoms with Gasteiger partial charge in [0.15, 0.2) is 0 Å². The van der Waals surface area contributed by atoms with Gasteiger partial charge in [0.05, 0.1) is 12.0 Å². The fourth-order valence-corrected chi connectivity index (χ4v) is 3.35. The molecule has 98 valence electrons. The van der Waals surface area contributed by atoms with Crippen LogP contribution in [0, 0.1) is 0 Å². The molecule has 21 heavy (non-hydrogen) atoms. The molecule has 0 unspecified atom stereocenters. The van der Waals surface area contributed by atoms with Gasteiger partial charge in [-0.3, -0.25) is 0 Å². The molecule has 2 heteroatoms. The summed E-state index contributed by atoms with van der Waals surface area (Å²) >= 11 is 0. The van der Waals surface area contributed by atoms with Crippen LogP contribution in [0.3, 0.4) is 0 Å². The Kier molecular flexibility index (Phi) is 1.98. The zero-order valence-corrected chi connectivity index (χ0v) is 11.3. The second-order valence-electron chi connectivity index (χ2n) is 5.41. The van der Waals surface area contributed by atoms with Crippen LogP contribution in [-0.4, -0.2) is 9.55 Å². The van der Waals surface area contributed by atoms with Gasteiger partial charge in [0.2, 0.25) is 0 Å². The van der Waals surface area contributed by atoms with Crippen LogP contribution in [0.4, 0.5) is 0 Å². The number of imidazole rings is 1. The molecule has 4 aromatic carbocycles. The number of hydrogen-bond donors (Lipinski definition) is 0. The van der Waals surface area contributed by atoms with E-state index in [1.54, 1.807) is 0 Å². The van der Waals surface area contributed by atoms with E-state index in [-0.39, 0.29) is 0 Å². The highest BCUT2D eigenvalue weighted by atomic mass is 15.0. The molecular formula is C19H12N2. The van der Waals surface area contributed by atoms with Crippen molar-refractivity contribution in [1.82, 2.24) is 9.55 Å². The highest BCUT2D eigenvalue weighted by Crippen LogP contribution is 2.36. The van der Waals surface area contributed by atoms with Gasteiger partial charge in [0, 0.05) is 17.8 Å². The lowest BCUT2D eigenvalue weighted by atomic mass is 9.93. The van der Waals surface area contributed by atoms with E-state index in [4.69, 9.17) is 0 Å². The summed E-state index contributed by atoms with van der Waals surface area (Å²) in [6.45, 7) is 0. The third-order valence-electron chi connectivity index (χ3n) is 4.29. The van der Waals surface area contributed by atoms with Crippen LogP contribution in [0.25, 0.3) is 38.0 Å². The van der Waals surface area contributed by atoms with E-state index < -0.39 is 0 Å². The predicted molar refractivity (Wildman–Crippen MR) is 87.3 cm³/mol. The van der Waals surface area contributed by atoms with E-state index in [2.05, 4.69) is 64.1 Å². The van der Waals surface area contributed by atoms with Gasteiger partial charge in [-0.1, -0.05) is 48.5 Å². The van der Waals surface area contributed by atoms with E-state index in [0.29, 0.717) is 0 Å². The van der Waals surface area contributed by atoms with Crippen molar-refractivity contribution in [3.63, 3.8) is 0 Å². The van der Waals surface area contributed by atoms with E-state index in [1.807, 2.05) is 18.7 Å². The lowest BCUT2D eigenvalue weighted by Gasteiger charge is -2.14. The lowest BCUT2D eigenvalue weighted by molar-refractivity contribution is 1.07. The third kappa shape index (κ3) is 1.39. The molecule has 5 rings (SSSR count). The summed E-state index contributed by atoms with van der Waals surface area (Å²) in [7, 11) is 0. The monoisotopic (exact) mass is 268 g/mol. The molecule has 0 saturated carbocycles. The molecule has 0 N–H and O–H groups in total. The van der Waals surface area contributed by atoms with Crippen molar-refractivity contribution >= 4 is 32.3 Å². The Bertz CT molecular complexity index is 1060. The second-order valence-corrected chi connectivity index (χ2v) is 5.41. The third-order valence-corrected chi connectivity index (χ3v) is 4.29. The van der Waals surface area contributed by atoms with Crippen molar-refractivity contribution in [3.8, 4) is 5.69 Å². The molecule has 0 aliphatic rings. The molecule has 0 bridgehead atoms. The van der Waals surface area contributed by atoms with Crippen molar-refractivity contribution in [2.45, 2.75) is 0 Å². The van der Waals surface area contributed by atoms with Gasteiger partial charge >= 0.3 is 0 Å². The molecule has 0 amide bonds. The van der Waals surface area contributed by atoms with E-state index in [9.17, 15) is 0 Å². The summed E-state index contributed by atoms with van der Waals surface area (Å²) in [6, 6.07) is 19.7. The smallest absolute Gasteiger partial charge is 0.0991 e. The topological polar surface area (TPSA) is 17.8 Å². The molecule has 1 heterocycles. The normalized spacial score (nSPS) is 11.8. The summed E-state index contributed by atoms with van der Waals surface area (Å²) in [5.74, 6) is 0. The minimum absolute atomic E-state index is 1.18. The van der Waals surface area contributed by atoms with Gasteiger partial charge in [-0.05, 0) is 33.0 Å². The van der Waals surface area contributed by atoms with Gasteiger partial charge < -0.3 is 4.57 Å². The molecule has 0 saturated heterocycles. The SMILES string of the molecule is c1cc2ccc3ccc(-n4ccnc4)c4ccc(c1)c2c34. The maximum atomic E-state index is 4.17. The van der Waals surface area contributed by atoms with E-state index in [1.165, 1.54) is 38.0 Å². The number of rotatable bonds is 1. The quantitative estimate of drug-likeness (QED) is 0.400. The largest absolute Gasteiger partial charge is 0.306 e. The first-order valence-corrected chi connectivity index (χ1v) is 7.07. The molecule has 0 spiro atoms. The van der Waals surface area contributed by atoms with Gasteiger partial charge in [-0.25, -0.2) is 4.98 Å². The predicted octanol–water partition coefficient (Wildman–Crippen LogP) is 4.77. The Labute approximate surface area is 121 Å². The number of aromatic nitrogens is 2. The van der Waals surface area contributed by atoms with Crippen molar-refractivity contribution < 1.29 is 0 Å². The molecule has 1 aromatic heterocycles. The molecule has 0 radical (unpaired) electrons. The van der Waals surface area contributed by atoms with Crippen LogP contribution in [0.1, 0.15) is 0 Å². The number of hydrogen-bond acceptors (Lipinski definition) is 1. The van der Waals surface area contributed by atoms with Crippen LogP contribution >= 0.6 is 0 Å². The maximum absolute atomic E-state index is 4.17. The number of benzene rings is 4. The minimum Gasteiger partial charge on any atom is -0.306 e. The lowest BCUT2D eigenvalue weighted by Crippen LogP contribution is -1.93. The molecular weight excluding hydrogens is 256 g/mol. The van der Waals surface area contributed by atoms with Crippen molar-refractivity contribution in [1.29, 1.82) is 0 Å². The fourth-order valence-electron chi connectivity index (χ4n) is 3.35. The van der Waals surface area contributed by atoms with Crippen LogP contribution in [0.15, 0.2) is 73.3 Å². The van der Waals surface area contributed by atoms with Crippen LogP contribution < -0.4 is 0 Å². The Morgan fingerprint density at radius 1 is 0.714 bits per heavy atom. The Hall–Kier alpha value is -2.87. The fraction of sp³-hybridized carbons (Fsp3) is 0. The molecule has 0 aliphatic heterocycles. The molecule has 0 atom stereocenters. The molecule has 2 nitrogen and oxygen atoms in total. The molecule has 0 fully saturated rings. The standard InChI is InChI=1S/C19H12N2/c1-2-13-4-5-15-7-9-17(21-11-10-20-12-21)16-8-6-14(3-1)18(13)19(15)16/h1-12H. The summed E-state index contributed by atoms with van der Waals surface area (Å²) in [6.07, 6.45) is 5.66. The van der Waals surface area contributed by atoms with Crippen molar-refractivity contribution in [2.75, 3.05) is 0 Å². The Balaban J connectivity index is 2.07. The summed E-state index contributed by atoms with van der Waals surface area (Å²) in [5.41, 5.74) is 1.18. The summed E-state index contributed by atoms with van der Waals surface area (Å²) in [4.78, 5) is 4.17. The minimum atomic E-state index is 1.18. The molecule has 5 aromatic rings. The van der Waals surface area contributed by atoms with Gasteiger partial charge in [-0.15, -0.1) is 0 Å². The van der Waals surface area contributed by atoms with Crippen LogP contribution in [0.5, 0.6) is 0 Å². The Morgan fingerprint density at radius 2 is 1.43 bits per heavy atom. The zero-order valence-electron chi connectivity index (χ0n) is 11.3. The summed E-state index contributed by atoms with van der Waals surface area (Å²) < 4.78 is 2.08. The average Bonchev–Trinajstić information content (AvgIpc) is 3.07. The zero-order chi connectivity index (χ0) is 13.8. The first kappa shape index (κ1) is 10.9. The van der Waals surface area contributed by atoms with Crippen LogP contribution in [0.2, 0.25) is 0 Å². The highest BCUT2D eigenvalue weighted by Gasteiger charge is 2.11. The van der Waals surface area contributed by atoms with Crippen molar-refractivity contribution in [2.24, 2.45) is 0 Å². The Morgan fingerprint density at radius 3 is 2.19 bits per heavy atom. The van der Waals surface area contributed by atoms with Crippen molar-refractivity contribution in [3.05, 3.63) is 73.3 Å².